The molecule has 0 N–H and O–H groups in total. The van der Waals surface area contributed by atoms with Crippen LogP contribution < -0.4 is 9.64 Å². The smallest absolute Gasteiger partial charge is 0.260 e. The van der Waals surface area contributed by atoms with E-state index in [1.54, 1.807) is 11.1 Å². The van der Waals surface area contributed by atoms with E-state index < -0.39 is 0 Å². The van der Waals surface area contributed by atoms with Crippen molar-refractivity contribution in [2.24, 2.45) is 0 Å². The van der Waals surface area contributed by atoms with E-state index in [0.717, 1.165) is 34.3 Å². The summed E-state index contributed by atoms with van der Waals surface area (Å²) in [5.74, 6) is 0.586. The van der Waals surface area contributed by atoms with Gasteiger partial charge in [-0.3, -0.25) is 14.7 Å². The SMILES string of the molecule is CCCCOc1cccc(C(=O)N(Cc2ccccn2)c2nc3c(C)c(C)ccc3s2)c1. The van der Waals surface area contributed by atoms with Crippen molar-refractivity contribution in [3.63, 3.8) is 0 Å². The van der Waals surface area contributed by atoms with Crippen molar-refractivity contribution in [2.45, 2.75) is 40.2 Å². The van der Waals surface area contributed by atoms with E-state index in [-0.39, 0.29) is 5.91 Å². The number of thiazole rings is 1. The third-order valence-electron chi connectivity index (χ3n) is 5.44. The van der Waals surface area contributed by atoms with Gasteiger partial charge in [-0.05, 0) is 67.8 Å². The number of rotatable bonds is 8. The zero-order valence-electron chi connectivity index (χ0n) is 18.7. The molecule has 2 heterocycles. The minimum absolute atomic E-state index is 0.120. The van der Waals surface area contributed by atoms with Crippen LogP contribution in [0.1, 0.15) is 46.9 Å². The van der Waals surface area contributed by atoms with Crippen LogP contribution in [0.15, 0.2) is 60.8 Å². The second-order valence-corrected chi connectivity index (χ2v) is 8.80. The van der Waals surface area contributed by atoms with Crippen molar-refractivity contribution in [3.05, 3.63) is 83.2 Å². The standard InChI is InChI=1S/C26H27N3O2S/c1-4-5-15-31-22-11-8-9-20(16-22)25(30)29(17-21-10-6-7-14-27-21)26-28-24-19(3)18(2)12-13-23(24)32-26/h6-14,16H,4-5,15,17H2,1-3H3. The number of nitrogens with zero attached hydrogens (tertiary/aromatic N) is 3. The molecule has 0 bridgehead atoms. The third kappa shape index (κ3) is 4.81. The quantitative estimate of drug-likeness (QED) is 0.297. The Kier molecular flexibility index (Phi) is 6.81. The van der Waals surface area contributed by atoms with Gasteiger partial charge in [-0.2, -0.15) is 0 Å². The second-order valence-electron chi connectivity index (χ2n) is 7.79. The molecule has 0 radical (unpaired) electrons. The first-order chi connectivity index (χ1) is 15.6. The van der Waals surface area contributed by atoms with Crippen LogP contribution in [-0.4, -0.2) is 22.5 Å². The highest BCUT2D eigenvalue weighted by molar-refractivity contribution is 7.22. The topological polar surface area (TPSA) is 55.3 Å². The van der Waals surface area contributed by atoms with Gasteiger partial charge in [0, 0.05) is 11.8 Å². The van der Waals surface area contributed by atoms with E-state index in [9.17, 15) is 4.79 Å². The zero-order valence-corrected chi connectivity index (χ0v) is 19.5. The summed E-state index contributed by atoms with van der Waals surface area (Å²) in [6.07, 6.45) is 3.79. The lowest BCUT2D eigenvalue weighted by Crippen LogP contribution is -2.30. The minimum Gasteiger partial charge on any atom is -0.494 e. The fourth-order valence-corrected chi connectivity index (χ4v) is 4.44. The maximum absolute atomic E-state index is 13.7. The Hall–Kier alpha value is -3.25. The lowest BCUT2D eigenvalue weighted by Gasteiger charge is -2.20. The van der Waals surface area contributed by atoms with Crippen LogP contribution >= 0.6 is 11.3 Å². The highest BCUT2D eigenvalue weighted by Gasteiger charge is 2.23. The van der Waals surface area contributed by atoms with Gasteiger partial charge in [0.25, 0.3) is 5.91 Å². The Bertz CT molecular complexity index is 1220. The number of carbonyl (C=O) groups is 1. The van der Waals surface area contributed by atoms with Crippen molar-refractivity contribution in [3.8, 4) is 5.75 Å². The molecule has 0 spiro atoms. The predicted octanol–water partition coefficient (Wildman–Crippen LogP) is 6.33. The predicted molar refractivity (Wildman–Crippen MR) is 131 cm³/mol. The number of anilines is 1. The number of aromatic nitrogens is 2. The molecule has 4 rings (SSSR count). The van der Waals surface area contributed by atoms with Gasteiger partial charge >= 0.3 is 0 Å². The Balaban J connectivity index is 1.71. The molecular formula is C26H27N3O2S. The van der Waals surface area contributed by atoms with E-state index in [1.165, 1.54) is 16.9 Å². The van der Waals surface area contributed by atoms with Crippen molar-refractivity contribution in [1.82, 2.24) is 9.97 Å². The Morgan fingerprint density at radius 1 is 1.09 bits per heavy atom. The first-order valence-corrected chi connectivity index (χ1v) is 11.7. The van der Waals surface area contributed by atoms with Gasteiger partial charge in [-0.1, -0.05) is 42.9 Å². The van der Waals surface area contributed by atoms with Crippen LogP contribution in [0.25, 0.3) is 10.2 Å². The number of ether oxygens (including phenoxy) is 1. The molecule has 0 unspecified atom stereocenters. The number of benzene rings is 2. The van der Waals surface area contributed by atoms with Gasteiger partial charge in [0.05, 0.1) is 29.1 Å². The Morgan fingerprint density at radius 2 is 1.97 bits per heavy atom. The highest BCUT2D eigenvalue weighted by Crippen LogP contribution is 2.33. The molecule has 0 aliphatic rings. The molecule has 0 aliphatic carbocycles. The molecule has 0 saturated carbocycles. The molecule has 0 fully saturated rings. The lowest BCUT2D eigenvalue weighted by atomic mass is 10.1. The second kappa shape index (κ2) is 9.92. The lowest BCUT2D eigenvalue weighted by molar-refractivity contribution is 0.0984. The molecule has 2 aromatic carbocycles. The monoisotopic (exact) mass is 445 g/mol. The molecule has 5 nitrogen and oxygen atoms in total. The molecule has 32 heavy (non-hydrogen) atoms. The summed E-state index contributed by atoms with van der Waals surface area (Å²) < 4.78 is 6.89. The van der Waals surface area contributed by atoms with Gasteiger partial charge in [0.1, 0.15) is 5.75 Å². The van der Waals surface area contributed by atoms with Gasteiger partial charge in [-0.25, -0.2) is 4.98 Å². The van der Waals surface area contributed by atoms with E-state index in [2.05, 4.69) is 37.9 Å². The zero-order chi connectivity index (χ0) is 22.5. The van der Waals surface area contributed by atoms with E-state index in [4.69, 9.17) is 9.72 Å². The molecule has 2 aromatic heterocycles. The van der Waals surface area contributed by atoms with E-state index in [0.29, 0.717) is 29.6 Å². The van der Waals surface area contributed by atoms with Crippen LogP contribution in [0.3, 0.4) is 0 Å². The number of aryl methyl sites for hydroxylation is 2. The van der Waals surface area contributed by atoms with Crippen molar-refractivity contribution >= 4 is 32.6 Å². The largest absolute Gasteiger partial charge is 0.494 e. The van der Waals surface area contributed by atoms with Crippen LogP contribution in [0.2, 0.25) is 0 Å². The first-order valence-electron chi connectivity index (χ1n) is 10.9. The molecule has 1 amide bonds. The summed E-state index contributed by atoms with van der Waals surface area (Å²) in [4.78, 5) is 24.7. The fourth-order valence-electron chi connectivity index (χ4n) is 3.42. The molecule has 0 atom stereocenters. The van der Waals surface area contributed by atoms with Crippen LogP contribution in [0.5, 0.6) is 5.75 Å². The van der Waals surface area contributed by atoms with Crippen LogP contribution in [0, 0.1) is 13.8 Å². The maximum Gasteiger partial charge on any atom is 0.260 e. The molecule has 0 aliphatic heterocycles. The van der Waals surface area contributed by atoms with E-state index in [1.807, 2.05) is 42.5 Å². The first kappa shape index (κ1) is 22.0. The van der Waals surface area contributed by atoms with Gasteiger partial charge in [0.15, 0.2) is 5.13 Å². The normalized spacial score (nSPS) is 11.0. The summed E-state index contributed by atoms with van der Waals surface area (Å²) in [6, 6.07) is 17.3. The summed E-state index contributed by atoms with van der Waals surface area (Å²) in [7, 11) is 0. The number of fused-ring (bicyclic) bond motifs is 1. The Morgan fingerprint density at radius 3 is 2.75 bits per heavy atom. The maximum atomic E-state index is 13.7. The average molecular weight is 446 g/mol. The van der Waals surface area contributed by atoms with Crippen LogP contribution in [-0.2, 0) is 6.54 Å². The summed E-state index contributed by atoms with van der Waals surface area (Å²) in [6.45, 7) is 7.26. The van der Waals surface area contributed by atoms with Gasteiger partial charge in [0.2, 0.25) is 0 Å². The number of hydrogen-bond donors (Lipinski definition) is 0. The van der Waals surface area contributed by atoms with Crippen LogP contribution in [0.4, 0.5) is 5.13 Å². The molecule has 0 saturated heterocycles. The highest BCUT2D eigenvalue weighted by atomic mass is 32.1. The van der Waals surface area contributed by atoms with Crippen molar-refractivity contribution < 1.29 is 9.53 Å². The number of carbonyl (C=O) groups excluding carboxylic acids is 1. The number of hydrogen-bond acceptors (Lipinski definition) is 5. The fraction of sp³-hybridized carbons (Fsp3) is 0.269. The number of pyridine rings is 1. The van der Waals surface area contributed by atoms with Crippen molar-refractivity contribution in [1.29, 1.82) is 0 Å². The third-order valence-corrected chi connectivity index (χ3v) is 6.49. The summed E-state index contributed by atoms with van der Waals surface area (Å²) in [5.41, 5.74) is 4.65. The van der Waals surface area contributed by atoms with Gasteiger partial charge in [-0.15, -0.1) is 0 Å². The van der Waals surface area contributed by atoms with E-state index >= 15 is 0 Å². The minimum atomic E-state index is -0.120. The molecule has 4 aromatic rings. The number of unbranched alkanes of at least 4 members (excludes halogenated alkanes) is 1. The number of amides is 1. The molecule has 164 valence electrons. The molecule has 6 heteroatoms. The van der Waals surface area contributed by atoms with Gasteiger partial charge < -0.3 is 4.74 Å². The van der Waals surface area contributed by atoms with Crippen molar-refractivity contribution in [2.75, 3.05) is 11.5 Å². The molecular weight excluding hydrogens is 418 g/mol. The summed E-state index contributed by atoms with van der Waals surface area (Å²) >= 11 is 1.53. The Labute approximate surface area is 192 Å². The average Bonchev–Trinajstić information content (AvgIpc) is 3.25. The summed E-state index contributed by atoms with van der Waals surface area (Å²) in [5, 5.41) is 0.668.